The van der Waals surface area contributed by atoms with Crippen LogP contribution >= 0.6 is 11.6 Å². The fourth-order valence-corrected chi connectivity index (χ4v) is 2.18. The highest BCUT2D eigenvalue weighted by Gasteiger charge is 2.08. The number of benzene rings is 2. The van der Waals surface area contributed by atoms with E-state index in [9.17, 15) is 9.18 Å². The van der Waals surface area contributed by atoms with E-state index in [1.807, 2.05) is 32.0 Å². The third-order valence-electron chi connectivity index (χ3n) is 3.12. The molecule has 22 heavy (non-hydrogen) atoms. The summed E-state index contributed by atoms with van der Waals surface area (Å²) < 4.78 is 19.1. The lowest BCUT2D eigenvalue weighted by molar-refractivity contribution is -0.116. The summed E-state index contributed by atoms with van der Waals surface area (Å²) in [6.45, 7) is 4.18. The summed E-state index contributed by atoms with van der Waals surface area (Å²) in [5, 5.41) is 2.78. The van der Waals surface area contributed by atoms with Crippen LogP contribution in [-0.2, 0) is 4.79 Å². The Labute approximate surface area is 134 Å². The maximum atomic E-state index is 13.6. The van der Waals surface area contributed by atoms with Crippen LogP contribution in [0.1, 0.15) is 17.5 Å². The molecule has 0 heterocycles. The molecular weight excluding hydrogens is 305 g/mol. The maximum absolute atomic E-state index is 13.6. The molecule has 0 radical (unpaired) electrons. The summed E-state index contributed by atoms with van der Waals surface area (Å²) in [6.07, 6.45) is 0.134. The minimum Gasteiger partial charge on any atom is -0.493 e. The topological polar surface area (TPSA) is 38.3 Å². The Morgan fingerprint density at radius 2 is 2.00 bits per heavy atom. The van der Waals surface area contributed by atoms with E-state index in [4.69, 9.17) is 16.3 Å². The van der Waals surface area contributed by atoms with Crippen LogP contribution < -0.4 is 10.1 Å². The summed E-state index contributed by atoms with van der Waals surface area (Å²) >= 11 is 5.66. The Kier molecular flexibility index (Phi) is 5.39. The van der Waals surface area contributed by atoms with Gasteiger partial charge >= 0.3 is 0 Å². The minimum absolute atomic E-state index is 0.112. The zero-order valence-electron chi connectivity index (χ0n) is 12.5. The molecule has 2 aromatic rings. The van der Waals surface area contributed by atoms with Crippen molar-refractivity contribution < 1.29 is 13.9 Å². The van der Waals surface area contributed by atoms with Crippen molar-refractivity contribution in [2.24, 2.45) is 0 Å². The fraction of sp³-hybridized carbons (Fsp3) is 0.235. The number of hydrogen-bond donors (Lipinski definition) is 1. The number of rotatable bonds is 5. The first kappa shape index (κ1) is 16.3. The third kappa shape index (κ3) is 4.46. The van der Waals surface area contributed by atoms with Crippen LogP contribution in [0.4, 0.5) is 10.1 Å². The zero-order valence-corrected chi connectivity index (χ0v) is 13.2. The summed E-state index contributed by atoms with van der Waals surface area (Å²) in [5.41, 5.74) is 2.28. The zero-order chi connectivity index (χ0) is 16.1. The quantitative estimate of drug-likeness (QED) is 0.880. The lowest BCUT2D eigenvalue weighted by Gasteiger charge is -2.10. The first-order valence-corrected chi connectivity index (χ1v) is 7.28. The molecule has 0 saturated carbocycles. The molecule has 1 amide bonds. The average molecular weight is 322 g/mol. The highest BCUT2D eigenvalue weighted by molar-refractivity contribution is 6.30. The molecule has 0 aliphatic heterocycles. The predicted octanol–water partition coefficient (Wildman–Crippen LogP) is 4.50. The molecule has 1 N–H and O–H groups in total. The van der Waals surface area contributed by atoms with Crippen molar-refractivity contribution in [2.75, 3.05) is 11.9 Å². The fourth-order valence-electron chi connectivity index (χ4n) is 2.02. The van der Waals surface area contributed by atoms with Gasteiger partial charge in [0.1, 0.15) is 11.6 Å². The number of halogens is 2. The second-order valence-corrected chi connectivity index (χ2v) is 5.48. The number of ether oxygens (including phenoxy) is 1. The molecule has 3 nitrogen and oxygen atoms in total. The Morgan fingerprint density at radius 3 is 2.68 bits per heavy atom. The number of nitrogens with one attached hydrogen (secondary N) is 1. The second kappa shape index (κ2) is 7.27. The number of amides is 1. The molecule has 0 atom stereocenters. The van der Waals surface area contributed by atoms with Crippen LogP contribution in [0.2, 0.25) is 5.02 Å². The molecule has 0 aliphatic carbocycles. The Bertz CT molecular complexity index is 688. The Balaban J connectivity index is 1.85. The SMILES string of the molecule is Cc1ccc(OCCC(=O)Nc2ccc(Cl)cc2F)c(C)c1. The second-order valence-electron chi connectivity index (χ2n) is 5.04. The van der Waals surface area contributed by atoms with Gasteiger partial charge in [0.05, 0.1) is 18.7 Å². The van der Waals surface area contributed by atoms with E-state index in [2.05, 4.69) is 5.32 Å². The van der Waals surface area contributed by atoms with Gasteiger partial charge in [0.2, 0.25) is 5.91 Å². The molecule has 2 rings (SSSR count). The molecule has 116 valence electrons. The predicted molar refractivity (Wildman–Crippen MR) is 86.1 cm³/mol. The van der Waals surface area contributed by atoms with Gasteiger partial charge < -0.3 is 10.1 Å². The Morgan fingerprint density at radius 1 is 1.23 bits per heavy atom. The first-order valence-electron chi connectivity index (χ1n) is 6.90. The van der Waals surface area contributed by atoms with E-state index >= 15 is 0 Å². The van der Waals surface area contributed by atoms with Crippen LogP contribution in [0.15, 0.2) is 36.4 Å². The van der Waals surface area contributed by atoms with Crippen LogP contribution in [0.3, 0.4) is 0 Å². The first-order chi connectivity index (χ1) is 10.5. The minimum atomic E-state index is -0.559. The average Bonchev–Trinajstić information content (AvgIpc) is 2.44. The van der Waals surface area contributed by atoms with Gasteiger partial charge in [-0.25, -0.2) is 4.39 Å². The highest BCUT2D eigenvalue weighted by Crippen LogP contribution is 2.20. The van der Waals surface area contributed by atoms with Crippen LogP contribution in [0, 0.1) is 19.7 Å². The third-order valence-corrected chi connectivity index (χ3v) is 3.36. The van der Waals surface area contributed by atoms with Crippen molar-refractivity contribution in [2.45, 2.75) is 20.3 Å². The van der Waals surface area contributed by atoms with E-state index < -0.39 is 5.82 Å². The van der Waals surface area contributed by atoms with Crippen molar-refractivity contribution in [3.63, 3.8) is 0 Å². The molecule has 0 aliphatic rings. The largest absolute Gasteiger partial charge is 0.493 e. The van der Waals surface area contributed by atoms with E-state index in [1.165, 1.54) is 12.1 Å². The summed E-state index contributed by atoms with van der Waals surface area (Å²) in [5.74, 6) is -0.127. The number of carbonyl (C=O) groups is 1. The van der Waals surface area contributed by atoms with Crippen molar-refractivity contribution in [1.29, 1.82) is 0 Å². The summed E-state index contributed by atoms with van der Waals surface area (Å²) in [7, 11) is 0. The molecule has 5 heteroatoms. The van der Waals surface area contributed by atoms with Gasteiger partial charge in [0, 0.05) is 5.02 Å². The van der Waals surface area contributed by atoms with Crippen LogP contribution in [-0.4, -0.2) is 12.5 Å². The van der Waals surface area contributed by atoms with E-state index in [-0.39, 0.29) is 29.6 Å². The highest BCUT2D eigenvalue weighted by atomic mass is 35.5. The maximum Gasteiger partial charge on any atom is 0.227 e. The molecule has 0 aromatic heterocycles. The van der Waals surface area contributed by atoms with Gasteiger partial charge in [0.15, 0.2) is 0 Å². The van der Waals surface area contributed by atoms with Gasteiger partial charge in [-0.05, 0) is 43.7 Å². The number of hydrogen-bond acceptors (Lipinski definition) is 2. The Hall–Kier alpha value is -2.07. The summed E-state index contributed by atoms with van der Waals surface area (Å²) in [6, 6.07) is 9.95. The van der Waals surface area contributed by atoms with Gasteiger partial charge in [0.25, 0.3) is 0 Å². The molecular formula is C17H17ClFNO2. The molecule has 2 aromatic carbocycles. The number of aryl methyl sites for hydroxylation is 2. The molecule has 0 bridgehead atoms. The summed E-state index contributed by atoms with van der Waals surface area (Å²) in [4.78, 5) is 11.8. The van der Waals surface area contributed by atoms with Gasteiger partial charge in [-0.2, -0.15) is 0 Å². The molecule has 0 fully saturated rings. The lowest BCUT2D eigenvalue weighted by atomic mass is 10.1. The van der Waals surface area contributed by atoms with Crippen molar-refractivity contribution in [1.82, 2.24) is 0 Å². The normalized spacial score (nSPS) is 10.4. The van der Waals surface area contributed by atoms with Gasteiger partial charge in [-0.1, -0.05) is 29.3 Å². The molecule has 0 spiro atoms. The lowest BCUT2D eigenvalue weighted by Crippen LogP contribution is -2.16. The van der Waals surface area contributed by atoms with Crippen LogP contribution in [0.25, 0.3) is 0 Å². The van der Waals surface area contributed by atoms with E-state index in [0.29, 0.717) is 0 Å². The van der Waals surface area contributed by atoms with E-state index in [0.717, 1.165) is 22.9 Å². The van der Waals surface area contributed by atoms with E-state index in [1.54, 1.807) is 0 Å². The number of anilines is 1. The molecule has 0 unspecified atom stereocenters. The smallest absolute Gasteiger partial charge is 0.227 e. The van der Waals surface area contributed by atoms with Crippen molar-refractivity contribution >= 4 is 23.2 Å². The van der Waals surface area contributed by atoms with Gasteiger partial charge in [-0.3, -0.25) is 4.79 Å². The van der Waals surface area contributed by atoms with Crippen molar-refractivity contribution in [3.05, 3.63) is 58.4 Å². The van der Waals surface area contributed by atoms with Crippen LogP contribution in [0.5, 0.6) is 5.75 Å². The monoisotopic (exact) mass is 321 g/mol. The standard InChI is InChI=1S/C17H17ClFNO2/c1-11-3-6-16(12(2)9-11)22-8-7-17(21)20-15-5-4-13(18)10-14(15)19/h3-6,9-10H,7-8H2,1-2H3,(H,20,21). The van der Waals surface area contributed by atoms with Crippen molar-refractivity contribution in [3.8, 4) is 5.75 Å². The molecule has 0 saturated heterocycles. The van der Waals surface area contributed by atoms with Gasteiger partial charge in [-0.15, -0.1) is 0 Å². The number of carbonyl (C=O) groups excluding carboxylic acids is 1.